The van der Waals surface area contributed by atoms with Gasteiger partial charge in [-0.1, -0.05) is 73.5 Å². The SMILES string of the molecule is C#Cn1c2ccc(C)cc2c2cc(C(C)c3cccc4ccccc34)ccc21. The van der Waals surface area contributed by atoms with Gasteiger partial charge in [0.15, 0.2) is 0 Å². The fraction of sp³-hybridized carbons (Fsp3) is 0.111. The zero-order chi connectivity index (χ0) is 19.3. The van der Waals surface area contributed by atoms with E-state index in [9.17, 15) is 0 Å². The molecule has 0 saturated heterocycles. The van der Waals surface area contributed by atoms with Crippen molar-refractivity contribution < 1.29 is 0 Å². The summed E-state index contributed by atoms with van der Waals surface area (Å²) in [6.45, 7) is 4.41. The minimum Gasteiger partial charge on any atom is -0.269 e. The van der Waals surface area contributed by atoms with Crippen LogP contribution in [0.2, 0.25) is 0 Å². The van der Waals surface area contributed by atoms with Crippen molar-refractivity contribution >= 4 is 32.6 Å². The molecule has 4 aromatic carbocycles. The van der Waals surface area contributed by atoms with E-state index in [2.05, 4.69) is 98.8 Å². The van der Waals surface area contributed by atoms with Crippen molar-refractivity contribution in [3.63, 3.8) is 0 Å². The van der Waals surface area contributed by atoms with E-state index in [1.165, 1.54) is 38.2 Å². The Labute approximate surface area is 165 Å². The minimum absolute atomic E-state index is 0.296. The van der Waals surface area contributed by atoms with Crippen LogP contribution < -0.4 is 0 Å². The summed E-state index contributed by atoms with van der Waals surface area (Å²) in [6, 6.07) is 31.2. The van der Waals surface area contributed by atoms with Crippen molar-refractivity contribution in [2.45, 2.75) is 19.8 Å². The van der Waals surface area contributed by atoms with E-state index in [0.717, 1.165) is 11.0 Å². The number of hydrogen-bond donors (Lipinski definition) is 0. The highest BCUT2D eigenvalue weighted by molar-refractivity contribution is 6.09. The van der Waals surface area contributed by atoms with Crippen LogP contribution in [0.25, 0.3) is 32.6 Å². The quantitative estimate of drug-likeness (QED) is 0.304. The topological polar surface area (TPSA) is 4.93 Å². The molecular formula is C27H21N. The summed E-state index contributed by atoms with van der Waals surface area (Å²) < 4.78 is 1.95. The van der Waals surface area contributed by atoms with Crippen LogP contribution in [0.15, 0.2) is 78.9 Å². The van der Waals surface area contributed by atoms with E-state index in [-0.39, 0.29) is 0 Å². The molecule has 0 radical (unpaired) electrons. The molecule has 0 amide bonds. The van der Waals surface area contributed by atoms with Gasteiger partial charge in [-0.15, -0.1) is 0 Å². The van der Waals surface area contributed by atoms with Crippen LogP contribution in [-0.4, -0.2) is 4.57 Å². The third-order valence-corrected chi connectivity index (χ3v) is 5.86. The van der Waals surface area contributed by atoms with Crippen molar-refractivity contribution in [1.82, 2.24) is 4.57 Å². The van der Waals surface area contributed by atoms with Gasteiger partial charge in [0, 0.05) is 22.7 Å². The van der Waals surface area contributed by atoms with E-state index in [1.807, 2.05) is 4.57 Å². The van der Waals surface area contributed by atoms with Gasteiger partial charge in [-0.25, -0.2) is 0 Å². The molecule has 28 heavy (non-hydrogen) atoms. The van der Waals surface area contributed by atoms with Gasteiger partial charge < -0.3 is 0 Å². The van der Waals surface area contributed by atoms with E-state index in [0.29, 0.717) is 5.92 Å². The third kappa shape index (κ3) is 2.42. The van der Waals surface area contributed by atoms with E-state index < -0.39 is 0 Å². The molecule has 5 rings (SSSR count). The number of fused-ring (bicyclic) bond motifs is 4. The fourth-order valence-electron chi connectivity index (χ4n) is 4.37. The number of rotatable bonds is 2. The molecule has 0 bridgehead atoms. The average molecular weight is 359 g/mol. The summed E-state index contributed by atoms with van der Waals surface area (Å²) in [7, 11) is 0. The lowest BCUT2D eigenvalue weighted by atomic mass is 9.88. The third-order valence-electron chi connectivity index (χ3n) is 5.86. The monoisotopic (exact) mass is 359 g/mol. The zero-order valence-electron chi connectivity index (χ0n) is 16.1. The molecule has 0 saturated carbocycles. The molecule has 5 aromatic rings. The largest absolute Gasteiger partial charge is 0.269 e. The number of aromatic nitrogens is 1. The van der Waals surface area contributed by atoms with Gasteiger partial charge in [0.25, 0.3) is 0 Å². The lowest BCUT2D eigenvalue weighted by Crippen LogP contribution is -1.97. The maximum atomic E-state index is 5.83. The molecule has 1 atom stereocenters. The number of nitrogens with zero attached hydrogens (tertiary/aromatic N) is 1. The van der Waals surface area contributed by atoms with Gasteiger partial charge in [-0.2, -0.15) is 0 Å². The van der Waals surface area contributed by atoms with Crippen LogP contribution in [0.4, 0.5) is 0 Å². The van der Waals surface area contributed by atoms with Gasteiger partial charge in [0.1, 0.15) is 0 Å². The summed E-state index contributed by atoms with van der Waals surface area (Å²) in [5.74, 6) is 0.296. The number of hydrogen-bond acceptors (Lipinski definition) is 0. The second kappa shape index (κ2) is 6.29. The van der Waals surface area contributed by atoms with E-state index in [1.54, 1.807) is 0 Å². The van der Waals surface area contributed by atoms with Crippen molar-refractivity contribution in [2.75, 3.05) is 0 Å². The van der Waals surface area contributed by atoms with E-state index >= 15 is 0 Å². The fourth-order valence-corrected chi connectivity index (χ4v) is 4.37. The molecule has 0 aliphatic heterocycles. The molecule has 0 aliphatic rings. The van der Waals surface area contributed by atoms with Crippen LogP contribution in [0.5, 0.6) is 0 Å². The second-order valence-corrected chi connectivity index (χ2v) is 7.55. The van der Waals surface area contributed by atoms with E-state index in [4.69, 9.17) is 6.42 Å². The molecule has 1 unspecified atom stereocenters. The number of benzene rings is 4. The summed E-state index contributed by atoms with van der Waals surface area (Å²) in [4.78, 5) is 0. The first kappa shape index (κ1) is 16.7. The van der Waals surface area contributed by atoms with Crippen LogP contribution in [0.3, 0.4) is 0 Å². The van der Waals surface area contributed by atoms with Crippen LogP contribution in [0, 0.1) is 19.4 Å². The van der Waals surface area contributed by atoms with Crippen molar-refractivity contribution in [3.05, 3.63) is 95.6 Å². The lowest BCUT2D eigenvalue weighted by Gasteiger charge is -2.15. The molecule has 1 heterocycles. The molecule has 1 aromatic heterocycles. The summed E-state index contributed by atoms with van der Waals surface area (Å²) in [5, 5.41) is 5.05. The predicted molar refractivity (Wildman–Crippen MR) is 120 cm³/mol. The number of aryl methyl sites for hydroxylation is 1. The van der Waals surface area contributed by atoms with Gasteiger partial charge in [-0.3, -0.25) is 4.57 Å². The first-order valence-corrected chi connectivity index (χ1v) is 9.66. The summed E-state index contributed by atoms with van der Waals surface area (Å²) in [5.41, 5.74) is 6.10. The highest BCUT2D eigenvalue weighted by Crippen LogP contribution is 2.35. The van der Waals surface area contributed by atoms with Crippen LogP contribution >= 0.6 is 0 Å². The highest BCUT2D eigenvalue weighted by Gasteiger charge is 2.15. The first-order valence-electron chi connectivity index (χ1n) is 9.66. The first-order chi connectivity index (χ1) is 13.7. The van der Waals surface area contributed by atoms with Crippen molar-refractivity contribution in [2.24, 2.45) is 0 Å². The van der Waals surface area contributed by atoms with Gasteiger partial charge in [0.2, 0.25) is 0 Å². The Morgan fingerprint density at radius 2 is 1.50 bits per heavy atom. The maximum absolute atomic E-state index is 5.83. The molecule has 0 N–H and O–H groups in total. The van der Waals surface area contributed by atoms with Crippen molar-refractivity contribution in [3.8, 4) is 12.5 Å². The molecule has 0 fully saturated rings. The maximum Gasteiger partial charge on any atom is 0.0625 e. The Bertz CT molecular complexity index is 1390. The molecule has 0 aliphatic carbocycles. The Balaban J connectivity index is 1.74. The molecular weight excluding hydrogens is 338 g/mol. The second-order valence-electron chi connectivity index (χ2n) is 7.55. The smallest absolute Gasteiger partial charge is 0.0625 e. The minimum atomic E-state index is 0.296. The standard InChI is InChI=1S/C27H21N/c1-4-28-26-14-12-18(2)16-24(26)25-17-21(13-15-27(25)28)19(3)22-11-7-9-20-8-5-6-10-23(20)22/h1,5-17,19H,2-3H3. The highest BCUT2D eigenvalue weighted by atomic mass is 14.9. The van der Waals surface area contributed by atoms with Crippen molar-refractivity contribution in [1.29, 1.82) is 0 Å². The molecule has 1 nitrogen and oxygen atoms in total. The van der Waals surface area contributed by atoms with Crippen LogP contribution in [-0.2, 0) is 0 Å². The molecule has 1 heteroatoms. The van der Waals surface area contributed by atoms with Gasteiger partial charge in [-0.05, 0) is 53.1 Å². The molecule has 0 spiro atoms. The predicted octanol–water partition coefficient (Wildman–Crippen LogP) is 6.85. The zero-order valence-corrected chi connectivity index (χ0v) is 16.1. The normalized spacial score (nSPS) is 12.5. The Hall–Kier alpha value is -3.50. The summed E-state index contributed by atoms with van der Waals surface area (Å²) in [6.07, 6.45) is 5.83. The average Bonchev–Trinajstić information content (AvgIpc) is 3.05. The Morgan fingerprint density at radius 1 is 0.786 bits per heavy atom. The van der Waals surface area contributed by atoms with Crippen LogP contribution in [0.1, 0.15) is 29.5 Å². The summed E-state index contributed by atoms with van der Waals surface area (Å²) >= 11 is 0. The number of terminal acetylenes is 1. The van der Waals surface area contributed by atoms with Gasteiger partial charge >= 0.3 is 0 Å². The Kier molecular flexibility index (Phi) is 3.74. The Morgan fingerprint density at radius 3 is 2.32 bits per heavy atom. The molecule has 134 valence electrons. The van der Waals surface area contributed by atoms with Gasteiger partial charge in [0.05, 0.1) is 11.0 Å². The lowest BCUT2D eigenvalue weighted by molar-refractivity contribution is 0.935.